The smallest absolute Gasteiger partial charge is 0.438 e. The number of hydrazone groups is 2. The van der Waals surface area contributed by atoms with E-state index in [2.05, 4.69) is 25.7 Å². The van der Waals surface area contributed by atoms with Crippen LogP contribution in [0.2, 0.25) is 5.02 Å². The second-order valence-electron chi connectivity index (χ2n) is 8.79. The Morgan fingerprint density at radius 2 is 1.91 bits per heavy atom. The van der Waals surface area contributed by atoms with Crippen molar-refractivity contribution in [1.29, 1.82) is 0 Å². The van der Waals surface area contributed by atoms with Crippen molar-refractivity contribution in [3.63, 3.8) is 0 Å². The van der Waals surface area contributed by atoms with Crippen LogP contribution in [0.25, 0.3) is 5.69 Å². The van der Waals surface area contributed by atoms with Gasteiger partial charge in [0.15, 0.2) is 0 Å². The second-order valence-corrected chi connectivity index (χ2v) is 9.23. The van der Waals surface area contributed by atoms with Crippen molar-refractivity contribution in [3.8, 4) is 11.6 Å². The van der Waals surface area contributed by atoms with E-state index < -0.39 is 6.09 Å². The molecular formula is C29H29ClN8O5. The molecule has 0 unspecified atom stereocenters. The van der Waals surface area contributed by atoms with Gasteiger partial charge in [-0.05, 0) is 43.3 Å². The predicted octanol–water partition coefficient (Wildman–Crippen LogP) is 5.06. The van der Waals surface area contributed by atoms with E-state index >= 15 is 0 Å². The minimum absolute atomic E-state index is 0.199. The summed E-state index contributed by atoms with van der Waals surface area (Å²) in [6, 6.07) is 19.6. The van der Waals surface area contributed by atoms with Gasteiger partial charge in [-0.15, -0.1) is 5.10 Å². The third-order valence-electron chi connectivity index (χ3n) is 5.75. The van der Waals surface area contributed by atoms with Crippen LogP contribution in [0, 0.1) is 0 Å². The van der Waals surface area contributed by atoms with Gasteiger partial charge in [-0.2, -0.15) is 15.3 Å². The van der Waals surface area contributed by atoms with Crippen molar-refractivity contribution in [2.75, 3.05) is 25.8 Å². The van der Waals surface area contributed by atoms with Gasteiger partial charge < -0.3 is 9.47 Å². The number of pyridine rings is 1. The first-order valence-corrected chi connectivity index (χ1v) is 13.2. The second kappa shape index (κ2) is 15.1. The number of rotatable bonds is 8. The molecule has 1 aliphatic rings. The number of ether oxygens (including phenoxy) is 2. The standard InChI is InChI=1S/C19H18ClN3O4.C10H11N5O/c1-25-19(24)23(26-2)17-6-4-3-5-14(17)13-27-18-11-12-22(21-18)16-9-7-15(20)8-10-16;1-8-7-15(10(16)14-13-8)12-6-9-3-2-4-11-5-9/h3-12H,13H2,1-2H3;2-6H,7H2,1H3,(H,14,16)/b;12-6+. The number of aromatic nitrogens is 3. The maximum atomic E-state index is 11.9. The Balaban J connectivity index is 0.000000225. The monoisotopic (exact) mass is 604 g/mol. The van der Waals surface area contributed by atoms with Gasteiger partial charge in [0.25, 0.3) is 0 Å². The average molecular weight is 605 g/mol. The van der Waals surface area contributed by atoms with Crippen LogP contribution >= 0.6 is 11.6 Å². The number of methoxy groups -OCH3 is 1. The number of hydrogen-bond donors (Lipinski definition) is 1. The molecular weight excluding hydrogens is 576 g/mol. The number of carbonyl (C=O) groups excluding carboxylic acids is 2. The zero-order valence-corrected chi connectivity index (χ0v) is 24.4. The van der Waals surface area contributed by atoms with Crippen LogP contribution in [0.4, 0.5) is 15.3 Å². The highest BCUT2D eigenvalue weighted by atomic mass is 35.5. The van der Waals surface area contributed by atoms with Crippen LogP contribution < -0.4 is 15.2 Å². The van der Waals surface area contributed by atoms with Gasteiger partial charge in [-0.3, -0.25) is 9.82 Å². The topological polar surface area (TPSA) is 136 Å². The maximum absolute atomic E-state index is 11.9. The van der Waals surface area contributed by atoms with Crippen molar-refractivity contribution in [1.82, 2.24) is 25.2 Å². The molecule has 2 aromatic carbocycles. The molecule has 3 heterocycles. The number of halogens is 1. The van der Waals surface area contributed by atoms with E-state index in [1.165, 1.54) is 19.2 Å². The van der Waals surface area contributed by atoms with Gasteiger partial charge >= 0.3 is 12.1 Å². The third-order valence-corrected chi connectivity index (χ3v) is 6.00. The van der Waals surface area contributed by atoms with Gasteiger partial charge in [0, 0.05) is 40.8 Å². The number of hydroxylamine groups is 1. The first-order chi connectivity index (χ1) is 20.9. The van der Waals surface area contributed by atoms with Crippen molar-refractivity contribution >= 4 is 41.3 Å². The quantitative estimate of drug-likeness (QED) is 0.219. The molecule has 3 amide bonds. The molecule has 5 rings (SSSR count). The van der Waals surface area contributed by atoms with Crippen LogP contribution in [-0.2, 0) is 16.2 Å². The van der Waals surface area contributed by atoms with Crippen LogP contribution in [0.5, 0.6) is 5.88 Å². The van der Waals surface area contributed by atoms with Crippen molar-refractivity contribution < 1.29 is 23.9 Å². The van der Waals surface area contributed by atoms with Gasteiger partial charge in [-0.1, -0.05) is 35.9 Å². The van der Waals surface area contributed by atoms with Crippen LogP contribution in [0.1, 0.15) is 18.1 Å². The number of nitrogens with zero attached hydrogens (tertiary/aromatic N) is 7. The number of para-hydroxylation sites is 1. The Morgan fingerprint density at radius 1 is 1.12 bits per heavy atom. The molecule has 0 saturated carbocycles. The molecule has 0 saturated heterocycles. The molecule has 1 N–H and O–H groups in total. The van der Waals surface area contributed by atoms with Crippen LogP contribution in [-0.4, -0.2) is 64.6 Å². The lowest BCUT2D eigenvalue weighted by Gasteiger charge is -2.20. The summed E-state index contributed by atoms with van der Waals surface area (Å²) >= 11 is 5.91. The summed E-state index contributed by atoms with van der Waals surface area (Å²) < 4.78 is 12.2. The lowest BCUT2D eigenvalue weighted by molar-refractivity contribution is 0.115. The minimum Gasteiger partial charge on any atom is -0.472 e. The molecule has 0 fully saturated rings. The Bertz CT molecular complexity index is 1580. The fraction of sp³-hybridized carbons (Fsp3) is 0.172. The van der Waals surface area contributed by atoms with Crippen LogP contribution in [0.3, 0.4) is 0 Å². The fourth-order valence-electron chi connectivity index (χ4n) is 3.67. The molecule has 0 atom stereocenters. The molecule has 0 radical (unpaired) electrons. The van der Waals surface area contributed by atoms with E-state index in [0.717, 1.165) is 27.6 Å². The number of anilines is 1. The van der Waals surface area contributed by atoms with E-state index in [-0.39, 0.29) is 12.6 Å². The predicted molar refractivity (Wildman–Crippen MR) is 161 cm³/mol. The number of amides is 3. The Kier molecular flexibility index (Phi) is 10.8. The summed E-state index contributed by atoms with van der Waals surface area (Å²) in [6.07, 6.45) is 6.11. The highest BCUT2D eigenvalue weighted by molar-refractivity contribution is 6.30. The summed E-state index contributed by atoms with van der Waals surface area (Å²) in [5.41, 5.74) is 6.15. The molecule has 4 aromatic rings. The van der Waals surface area contributed by atoms with Gasteiger partial charge in [0.2, 0.25) is 5.88 Å². The lowest BCUT2D eigenvalue weighted by atomic mass is 10.2. The van der Waals surface area contributed by atoms with Crippen molar-refractivity contribution in [2.24, 2.45) is 10.2 Å². The number of hydrogen-bond acceptors (Lipinski definition) is 9. The summed E-state index contributed by atoms with van der Waals surface area (Å²) in [5.74, 6) is 0.446. The highest BCUT2D eigenvalue weighted by Gasteiger charge is 2.20. The fourth-order valence-corrected chi connectivity index (χ4v) is 3.79. The molecule has 43 heavy (non-hydrogen) atoms. The van der Waals surface area contributed by atoms with Gasteiger partial charge in [0.1, 0.15) is 6.61 Å². The zero-order valence-electron chi connectivity index (χ0n) is 23.6. The summed E-state index contributed by atoms with van der Waals surface area (Å²) in [5, 5.41) is 15.3. The molecule has 0 spiro atoms. The SMILES string of the molecule is CC1=NNC(=O)N(/N=C/c2cccnc2)C1.COC(=O)N(OC)c1ccccc1COc1ccn(-c2ccc(Cl)cc2)n1. The Hall–Kier alpha value is -5.27. The largest absolute Gasteiger partial charge is 0.472 e. The summed E-state index contributed by atoms with van der Waals surface area (Å²) in [6.45, 7) is 2.43. The van der Waals surface area contributed by atoms with Gasteiger partial charge in [0.05, 0.1) is 44.1 Å². The van der Waals surface area contributed by atoms with E-state index in [1.807, 2.05) is 43.3 Å². The number of carbonyl (C=O) groups is 2. The molecule has 1 aliphatic heterocycles. The van der Waals surface area contributed by atoms with Crippen LogP contribution in [0.15, 0.2) is 95.5 Å². The molecule has 13 nitrogen and oxygen atoms in total. The molecule has 0 bridgehead atoms. The number of benzene rings is 2. The maximum Gasteiger partial charge on any atom is 0.438 e. The normalized spacial score (nSPS) is 12.6. The third kappa shape index (κ3) is 8.61. The summed E-state index contributed by atoms with van der Waals surface area (Å²) in [7, 11) is 2.68. The molecule has 222 valence electrons. The zero-order chi connectivity index (χ0) is 30.6. The Labute approximate surface area is 252 Å². The molecule has 2 aromatic heterocycles. The first kappa shape index (κ1) is 30.7. The van der Waals surface area contributed by atoms with E-state index in [0.29, 0.717) is 23.1 Å². The highest BCUT2D eigenvalue weighted by Crippen LogP contribution is 2.23. The first-order valence-electron chi connectivity index (χ1n) is 12.9. The summed E-state index contributed by atoms with van der Waals surface area (Å²) in [4.78, 5) is 32.3. The van der Waals surface area contributed by atoms with Crippen molar-refractivity contribution in [3.05, 3.63) is 101 Å². The number of nitrogens with one attached hydrogen (secondary N) is 1. The molecule has 0 aliphatic carbocycles. The van der Waals surface area contributed by atoms with E-state index in [9.17, 15) is 9.59 Å². The average Bonchev–Trinajstić information content (AvgIpc) is 3.51. The van der Waals surface area contributed by atoms with Gasteiger partial charge in [-0.25, -0.2) is 24.7 Å². The minimum atomic E-state index is -0.628. The van der Waals surface area contributed by atoms with E-state index in [4.69, 9.17) is 25.9 Å². The number of urea groups is 1. The molecule has 14 heteroatoms. The Morgan fingerprint density at radius 3 is 2.63 bits per heavy atom. The lowest BCUT2D eigenvalue weighted by Crippen LogP contribution is -2.42. The van der Waals surface area contributed by atoms with E-state index in [1.54, 1.807) is 59.8 Å². The van der Waals surface area contributed by atoms with Crippen molar-refractivity contribution in [2.45, 2.75) is 13.5 Å².